The van der Waals surface area contributed by atoms with Crippen LogP contribution in [0.15, 0.2) is 0 Å². The zero-order chi connectivity index (χ0) is 8.15. The largest absolute Gasteiger partial charge is 0.327 e. The number of alkyl halides is 2. The van der Waals surface area contributed by atoms with Crippen molar-refractivity contribution in [3.05, 3.63) is 0 Å². The van der Waals surface area contributed by atoms with Gasteiger partial charge in [-0.15, -0.1) is 0 Å². The molecule has 0 aliphatic rings. The van der Waals surface area contributed by atoms with Gasteiger partial charge in [-0.05, 0) is 14.0 Å². The average Bonchev–Trinajstić information content (AvgIpc) is 1.58. The van der Waals surface area contributed by atoms with E-state index in [1.165, 1.54) is 4.90 Å². The Bertz CT molecular complexity index is 75.8. The van der Waals surface area contributed by atoms with Gasteiger partial charge in [-0.25, -0.2) is 8.78 Å². The summed E-state index contributed by atoms with van der Waals surface area (Å²) < 4.78 is 23.3. The predicted octanol–water partition coefficient (Wildman–Crippen LogP) is 0.530. The Balaban J connectivity index is 3.34. The predicted molar refractivity (Wildman–Crippen MR) is 37.2 cm³/mol. The molecule has 10 heavy (non-hydrogen) atoms. The van der Waals surface area contributed by atoms with E-state index in [9.17, 15) is 8.78 Å². The van der Waals surface area contributed by atoms with E-state index < -0.39 is 6.43 Å². The van der Waals surface area contributed by atoms with Gasteiger partial charge in [0.2, 0.25) is 0 Å². The highest BCUT2D eigenvalue weighted by Crippen LogP contribution is 1.95. The van der Waals surface area contributed by atoms with Gasteiger partial charge in [0.05, 0.1) is 6.54 Å². The monoisotopic (exact) mass is 152 g/mol. The molecule has 62 valence electrons. The highest BCUT2D eigenvalue weighted by atomic mass is 19.3. The minimum Gasteiger partial charge on any atom is -0.327 e. The average molecular weight is 152 g/mol. The molecule has 0 fully saturated rings. The van der Waals surface area contributed by atoms with E-state index in [0.29, 0.717) is 6.54 Å². The summed E-state index contributed by atoms with van der Waals surface area (Å²) in [7, 11) is 1.63. The lowest BCUT2D eigenvalue weighted by molar-refractivity contribution is 0.0986. The molecule has 0 bridgehead atoms. The highest BCUT2D eigenvalue weighted by Gasteiger charge is 2.08. The van der Waals surface area contributed by atoms with E-state index in [-0.39, 0.29) is 12.6 Å². The van der Waals surface area contributed by atoms with Gasteiger partial charge in [-0.1, -0.05) is 0 Å². The third-order valence-corrected chi connectivity index (χ3v) is 1.05. The van der Waals surface area contributed by atoms with E-state index in [1.807, 2.05) is 0 Å². The molecule has 0 aromatic carbocycles. The van der Waals surface area contributed by atoms with E-state index in [2.05, 4.69) is 0 Å². The number of nitrogens with two attached hydrogens (primary N) is 1. The molecule has 0 radical (unpaired) electrons. The molecule has 2 N–H and O–H groups in total. The third kappa shape index (κ3) is 5.91. The van der Waals surface area contributed by atoms with Crippen LogP contribution in [0.3, 0.4) is 0 Å². The standard InChI is InChI=1S/C6H14F2N2/c1-5(9)3-10(2)4-6(7)8/h5-6H,3-4,9H2,1-2H3/t5-/m1/s1. The molecule has 0 unspecified atom stereocenters. The molecule has 0 spiro atoms. The van der Waals surface area contributed by atoms with Crippen LogP contribution in [0, 0.1) is 0 Å². The molecule has 0 rings (SSSR count). The maximum Gasteiger partial charge on any atom is 0.251 e. The number of hydrogen-bond donors (Lipinski definition) is 1. The van der Waals surface area contributed by atoms with E-state index in [1.54, 1.807) is 14.0 Å². The summed E-state index contributed by atoms with van der Waals surface area (Å²) in [5, 5.41) is 0. The fourth-order valence-electron chi connectivity index (χ4n) is 0.802. The number of likely N-dealkylation sites (N-methyl/N-ethyl adjacent to an activating group) is 1. The second-order valence-electron chi connectivity index (χ2n) is 2.59. The van der Waals surface area contributed by atoms with Gasteiger partial charge in [-0.3, -0.25) is 4.90 Å². The summed E-state index contributed by atoms with van der Waals surface area (Å²) in [5.41, 5.74) is 5.38. The van der Waals surface area contributed by atoms with Crippen molar-refractivity contribution in [3.8, 4) is 0 Å². The Labute approximate surface area is 60.0 Å². The lowest BCUT2D eigenvalue weighted by atomic mass is 10.3. The molecule has 0 aromatic rings. The van der Waals surface area contributed by atoms with Crippen molar-refractivity contribution in [2.75, 3.05) is 20.1 Å². The SMILES string of the molecule is C[C@@H](N)CN(C)CC(F)F. The van der Waals surface area contributed by atoms with E-state index >= 15 is 0 Å². The number of rotatable bonds is 4. The van der Waals surface area contributed by atoms with Crippen molar-refractivity contribution in [1.29, 1.82) is 0 Å². The van der Waals surface area contributed by atoms with Gasteiger partial charge in [0.15, 0.2) is 0 Å². The third-order valence-electron chi connectivity index (χ3n) is 1.05. The molecule has 2 nitrogen and oxygen atoms in total. The maximum atomic E-state index is 11.7. The lowest BCUT2D eigenvalue weighted by Crippen LogP contribution is -2.35. The summed E-state index contributed by atoms with van der Waals surface area (Å²) in [6.07, 6.45) is -2.26. The molecule has 4 heteroatoms. The van der Waals surface area contributed by atoms with Crippen LogP contribution in [0.2, 0.25) is 0 Å². The molecule has 0 saturated carbocycles. The second-order valence-corrected chi connectivity index (χ2v) is 2.59. The zero-order valence-corrected chi connectivity index (χ0v) is 6.35. The van der Waals surface area contributed by atoms with Crippen molar-refractivity contribution >= 4 is 0 Å². The minimum absolute atomic E-state index is 0.0382. The van der Waals surface area contributed by atoms with E-state index in [4.69, 9.17) is 5.73 Å². The van der Waals surface area contributed by atoms with Gasteiger partial charge < -0.3 is 5.73 Å². The Kier molecular flexibility index (Phi) is 4.47. The maximum absolute atomic E-state index is 11.7. The quantitative estimate of drug-likeness (QED) is 0.636. The Morgan fingerprint density at radius 1 is 1.40 bits per heavy atom. The van der Waals surface area contributed by atoms with Crippen LogP contribution >= 0.6 is 0 Å². The molecule has 0 aliphatic heterocycles. The summed E-state index contributed by atoms with van der Waals surface area (Å²) in [4.78, 5) is 1.52. The van der Waals surface area contributed by atoms with E-state index in [0.717, 1.165) is 0 Å². The number of hydrogen-bond acceptors (Lipinski definition) is 2. The van der Waals surface area contributed by atoms with Crippen molar-refractivity contribution < 1.29 is 8.78 Å². The molecular formula is C6H14F2N2. The minimum atomic E-state index is -2.26. The first kappa shape index (κ1) is 9.78. The molecule has 0 heterocycles. The van der Waals surface area contributed by atoms with Gasteiger partial charge in [0, 0.05) is 12.6 Å². The summed E-state index contributed by atoms with van der Waals surface area (Å²) in [5.74, 6) is 0. The summed E-state index contributed by atoms with van der Waals surface area (Å²) >= 11 is 0. The van der Waals surface area contributed by atoms with Crippen LogP contribution in [0.25, 0.3) is 0 Å². The normalized spacial score (nSPS) is 14.7. The molecule has 1 atom stereocenters. The van der Waals surface area contributed by atoms with Gasteiger partial charge in [0.25, 0.3) is 6.43 Å². The van der Waals surface area contributed by atoms with Gasteiger partial charge >= 0.3 is 0 Å². The molecular weight excluding hydrogens is 138 g/mol. The number of nitrogens with zero attached hydrogens (tertiary/aromatic N) is 1. The fraction of sp³-hybridized carbons (Fsp3) is 1.00. The first-order chi connectivity index (χ1) is 4.52. The zero-order valence-electron chi connectivity index (χ0n) is 6.35. The summed E-state index contributed by atoms with van der Waals surface area (Å²) in [6.45, 7) is 2.12. The van der Waals surface area contributed by atoms with Crippen molar-refractivity contribution in [3.63, 3.8) is 0 Å². The van der Waals surface area contributed by atoms with Crippen LogP contribution in [0.5, 0.6) is 0 Å². The molecule has 0 saturated heterocycles. The van der Waals surface area contributed by atoms with Crippen molar-refractivity contribution in [1.82, 2.24) is 4.90 Å². The molecule has 0 aromatic heterocycles. The van der Waals surface area contributed by atoms with Crippen LogP contribution in [-0.2, 0) is 0 Å². The molecule has 0 aliphatic carbocycles. The van der Waals surface area contributed by atoms with Crippen molar-refractivity contribution in [2.45, 2.75) is 19.4 Å². The van der Waals surface area contributed by atoms with Gasteiger partial charge in [-0.2, -0.15) is 0 Å². The smallest absolute Gasteiger partial charge is 0.251 e. The first-order valence-corrected chi connectivity index (χ1v) is 3.24. The lowest BCUT2D eigenvalue weighted by Gasteiger charge is -2.17. The summed E-state index contributed by atoms with van der Waals surface area (Å²) in [6, 6.07) is -0.0382. The van der Waals surface area contributed by atoms with Crippen LogP contribution in [0.1, 0.15) is 6.92 Å². The van der Waals surface area contributed by atoms with Crippen LogP contribution < -0.4 is 5.73 Å². The van der Waals surface area contributed by atoms with Crippen LogP contribution in [-0.4, -0.2) is 37.5 Å². The Morgan fingerprint density at radius 2 is 1.90 bits per heavy atom. The highest BCUT2D eigenvalue weighted by molar-refractivity contribution is 4.60. The Hall–Kier alpha value is -0.220. The second kappa shape index (κ2) is 4.57. The molecule has 0 amide bonds. The number of halogens is 2. The first-order valence-electron chi connectivity index (χ1n) is 3.24. The fourth-order valence-corrected chi connectivity index (χ4v) is 0.802. The Morgan fingerprint density at radius 3 is 2.20 bits per heavy atom. The topological polar surface area (TPSA) is 29.3 Å². The van der Waals surface area contributed by atoms with Crippen molar-refractivity contribution in [2.24, 2.45) is 5.73 Å². The van der Waals surface area contributed by atoms with Gasteiger partial charge in [0.1, 0.15) is 0 Å². The van der Waals surface area contributed by atoms with Crippen LogP contribution in [0.4, 0.5) is 8.78 Å².